The average molecular weight is 321 g/mol. The van der Waals surface area contributed by atoms with Gasteiger partial charge >= 0.3 is 0 Å². The molecule has 1 aromatic carbocycles. The lowest BCUT2D eigenvalue weighted by Crippen LogP contribution is -2.25. The van der Waals surface area contributed by atoms with E-state index in [0.29, 0.717) is 0 Å². The minimum atomic E-state index is 0.154. The molecule has 3 aromatic rings. The molecule has 2 atom stereocenters. The molecular weight excluding hydrogens is 304 g/mol. The van der Waals surface area contributed by atoms with E-state index >= 15 is 0 Å². The summed E-state index contributed by atoms with van der Waals surface area (Å²) >= 11 is 5.27. The van der Waals surface area contributed by atoms with Crippen LogP contribution < -0.4 is 5.73 Å². The first-order chi connectivity index (χ1) is 9.78. The van der Waals surface area contributed by atoms with Gasteiger partial charge in [-0.15, -0.1) is 11.3 Å². The van der Waals surface area contributed by atoms with Crippen molar-refractivity contribution in [2.24, 2.45) is 5.73 Å². The molecule has 5 heteroatoms. The molecule has 0 aliphatic heterocycles. The highest BCUT2D eigenvalue weighted by atomic mass is 32.2. The SMILES string of the molecule is CCC(N)C(Sc1nc2ccccc2s1)c1ccsc1. The summed E-state index contributed by atoms with van der Waals surface area (Å²) in [6.07, 6.45) is 0.971. The summed E-state index contributed by atoms with van der Waals surface area (Å²) in [5.41, 5.74) is 8.70. The summed E-state index contributed by atoms with van der Waals surface area (Å²) in [5.74, 6) is 0. The molecule has 0 fully saturated rings. The van der Waals surface area contributed by atoms with E-state index in [0.717, 1.165) is 16.3 Å². The fraction of sp³-hybridized carbons (Fsp3) is 0.267. The van der Waals surface area contributed by atoms with Gasteiger partial charge in [-0.1, -0.05) is 30.8 Å². The summed E-state index contributed by atoms with van der Waals surface area (Å²) in [5, 5.41) is 4.59. The first-order valence-corrected chi connectivity index (χ1v) is 9.21. The van der Waals surface area contributed by atoms with E-state index in [1.165, 1.54) is 10.3 Å². The predicted octanol–water partition coefficient (Wildman–Crippen LogP) is 4.93. The lowest BCUT2D eigenvalue weighted by Gasteiger charge is -2.20. The molecule has 2 aromatic heterocycles. The van der Waals surface area contributed by atoms with Crippen LogP contribution in [0, 0.1) is 0 Å². The minimum absolute atomic E-state index is 0.154. The molecule has 3 rings (SSSR count). The van der Waals surface area contributed by atoms with Crippen molar-refractivity contribution >= 4 is 44.7 Å². The molecule has 0 bridgehead atoms. The molecule has 0 aliphatic rings. The Kier molecular flexibility index (Phi) is 4.41. The van der Waals surface area contributed by atoms with E-state index in [-0.39, 0.29) is 11.3 Å². The number of benzene rings is 1. The molecule has 0 saturated carbocycles. The Bertz CT molecular complexity index is 642. The van der Waals surface area contributed by atoms with Gasteiger partial charge < -0.3 is 5.73 Å². The van der Waals surface area contributed by atoms with Crippen LogP contribution in [0.15, 0.2) is 45.4 Å². The second-order valence-electron chi connectivity index (χ2n) is 4.61. The molecule has 2 nitrogen and oxygen atoms in total. The number of thiazole rings is 1. The molecule has 0 amide bonds. The quantitative estimate of drug-likeness (QED) is 0.678. The number of para-hydroxylation sites is 1. The lowest BCUT2D eigenvalue weighted by molar-refractivity contribution is 0.635. The van der Waals surface area contributed by atoms with Crippen molar-refractivity contribution in [1.29, 1.82) is 0 Å². The van der Waals surface area contributed by atoms with E-state index < -0.39 is 0 Å². The highest BCUT2D eigenvalue weighted by Gasteiger charge is 2.22. The Balaban J connectivity index is 1.89. The zero-order valence-electron chi connectivity index (χ0n) is 11.2. The molecular formula is C15H16N2S3. The molecule has 0 spiro atoms. The van der Waals surface area contributed by atoms with Crippen molar-refractivity contribution in [2.45, 2.75) is 29.0 Å². The second kappa shape index (κ2) is 6.26. The molecule has 104 valence electrons. The Morgan fingerprint density at radius 1 is 1.30 bits per heavy atom. The van der Waals surface area contributed by atoms with Crippen molar-refractivity contribution in [3.8, 4) is 0 Å². The van der Waals surface area contributed by atoms with Gasteiger partial charge in [0, 0.05) is 6.04 Å². The molecule has 2 N–H and O–H groups in total. The van der Waals surface area contributed by atoms with Crippen molar-refractivity contribution < 1.29 is 0 Å². The molecule has 2 unspecified atom stereocenters. The van der Waals surface area contributed by atoms with Gasteiger partial charge in [-0.25, -0.2) is 4.98 Å². The number of thiophene rings is 1. The summed E-state index contributed by atoms with van der Waals surface area (Å²) in [6, 6.07) is 10.6. The minimum Gasteiger partial charge on any atom is -0.326 e. The Hall–Kier alpha value is -0.880. The molecule has 0 radical (unpaired) electrons. The third-order valence-corrected chi connectivity index (χ3v) is 6.47. The fourth-order valence-electron chi connectivity index (χ4n) is 2.06. The number of nitrogens with zero attached hydrogens (tertiary/aromatic N) is 1. The number of rotatable bonds is 5. The average Bonchev–Trinajstić information content (AvgIpc) is 3.12. The van der Waals surface area contributed by atoms with E-state index in [2.05, 4.69) is 41.9 Å². The number of aromatic nitrogens is 1. The van der Waals surface area contributed by atoms with Crippen LogP contribution in [0.25, 0.3) is 10.2 Å². The molecule has 20 heavy (non-hydrogen) atoms. The lowest BCUT2D eigenvalue weighted by atomic mass is 10.1. The van der Waals surface area contributed by atoms with E-state index in [1.807, 2.05) is 6.07 Å². The maximum Gasteiger partial charge on any atom is 0.151 e. The van der Waals surface area contributed by atoms with Crippen LogP contribution in [0.2, 0.25) is 0 Å². The zero-order chi connectivity index (χ0) is 13.9. The maximum absolute atomic E-state index is 6.31. The van der Waals surface area contributed by atoms with Gasteiger partial charge in [-0.2, -0.15) is 11.3 Å². The second-order valence-corrected chi connectivity index (χ2v) is 7.81. The third-order valence-electron chi connectivity index (χ3n) is 3.23. The van der Waals surface area contributed by atoms with Gasteiger partial charge in [0.2, 0.25) is 0 Å². The van der Waals surface area contributed by atoms with E-state index in [9.17, 15) is 0 Å². The van der Waals surface area contributed by atoms with Crippen molar-refractivity contribution in [3.05, 3.63) is 46.7 Å². The van der Waals surface area contributed by atoms with Crippen molar-refractivity contribution in [1.82, 2.24) is 4.98 Å². The van der Waals surface area contributed by atoms with E-state index in [1.54, 1.807) is 34.4 Å². The largest absolute Gasteiger partial charge is 0.326 e. The molecule has 2 heterocycles. The van der Waals surface area contributed by atoms with Crippen LogP contribution >= 0.6 is 34.4 Å². The Labute approximate surface area is 131 Å². The number of nitrogens with two attached hydrogens (primary N) is 1. The summed E-state index contributed by atoms with van der Waals surface area (Å²) in [7, 11) is 0. The topological polar surface area (TPSA) is 38.9 Å². The van der Waals surface area contributed by atoms with Crippen LogP contribution in [0.5, 0.6) is 0 Å². The number of hydrogen-bond acceptors (Lipinski definition) is 5. The van der Waals surface area contributed by atoms with Gasteiger partial charge in [0.1, 0.15) is 0 Å². The van der Waals surface area contributed by atoms with Crippen LogP contribution in [0.1, 0.15) is 24.2 Å². The van der Waals surface area contributed by atoms with Gasteiger partial charge in [0.15, 0.2) is 4.34 Å². The smallest absolute Gasteiger partial charge is 0.151 e. The molecule has 0 aliphatic carbocycles. The number of hydrogen-bond donors (Lipinski definition) is 1. The standard InChI is InChI=1S/C15H16N2S3/c1-2-11(16)14(10-7-8-18-9-10)20-15-17-12-5-3-4-6-13(12)19-15/h3-9,11,14H,2,16H2,1H3. The van der Waals surface area contributed by atoms with Crippen LogP contribution in [-0.4, -0.2) is 11.0 Å². The van der Waals surface area contributed by atoms with Gasteiger partial charge in [-0.3, -0.25) is 0 Å². The fourth-order valence-corrected chi connectivity index (χ4v) is 5.33. The highest BCUT2D eigenvalue weighted by Crippen LogP contribution is 2.41. The van der Waals surface area contributed by atoms with E-state index in [4.69, 9.17) is 10.7 Å². The Morgan fingerprint density at radius 2 is 2.15 bits per heavy atom. The van der Waals surface area contributed by atoms with Crippen molar-refractivity contribution in [3.63, 3.8) is 0 Å². The predicted molar refractivity (Wildman–Crippen MR) is 90.8 cm³/mol. The van der Waals surface area contributed by atoms with Gasteiger partial charge in [0.05, 0.1) is 15.5 Å². The summed E-state index contributed by atoms with van der Waals surface area (Å²) < 4.78 is 2.34. The van der Waals surface area contributed by atoms with Gasteiger partial charge in [-0.05, 0) is 40.9 Å². The van der Waals surface area contributed by atoms with Crippen molar-refractivity contribution in [2.75, 3.05) is 0 Å². The van der Waals surface area contributed by atoms with Gasteiger partial charge in [0.25, 0.3) is 0 Å². The first-order valence-electron chi connectivity index (χ1n) is 6.58. The first kappa shape index (κ1) is 14.1. The number of thioether (sulfide) groups is 1. The maximum atomic E-state index is 6.31. The highest BCUT2D eigenvalue weighted by molar-refractivity contribution is 8.01. The third kappa shape index (κ3) is 2.91. The number of fused-ring (bicyclic) bond motifs is 1. The molecule has 0 saturated heterocycles. The van der Waals surface area contributed by atoms with Crippen LogP contribution in [-0.2, 0) is 0 Å². The Morgan fingerprint density at radius 3 is 2.85 bits per heavy atom. The van der Waals surface area contributed by atoms with Crippen LogP contribution in [0.4, 0.5) is 0 Å². The summed E-state index contributed by atoms with van der Waals surface area (Å²) in [6.45, 7) is 2.14. The monoisotopic (exact) mass is 320 g/mol. The summed E-state index contributed by atoms with van der Waals surface area (Å²) in [4.78, 5) is 4.71. The van der Waals surface area contributed by atoms with Crippen LogP contribution in [0.3, 0.4) is 0 Å². The normalized spacial score (nSPS) is 14.5. The zero-order valence-corrected chi connectivity index (χ0v) is 13.6.